The normalized spacial score (nSPS) is 13.5. The third kappa shape index (κ3) is 9.63. The number of benzene rings is 4. The van der Waals surface area contributed by atoms with E-state index < -0.39 is 23.6 Å². The number of aliphatic hydroxyl groups is 1. The second kappa shape index (κ2) is 16.5. The van der Waals surface area contributed by atoms with E-state index >= 15 is 0 Å². The Labute approximate surface area is 289 Å². The maximum Gasteiger partial charge on any atom is 0.321 e. The fourth-order valence-corrected chi connectivity index (χ4v) is 5.75. The molecule has 0 aromatic heterocycles. The second-order valence-electron chi connectivity index (χ2n) is 12.8. The van der Waals surface area contributed by atoms with Gasteiger partial charge in [0.25, 0.3) is 6.47 Å². The van der Waals surface area contributed by atoms with Crippen molar-refractivity contribution < 1.29 is 38.4 Å². The molecular formula is C41H48O8. The lowest BCUT2D eigenvalue weighted by Gasteiger charge is -2.39. The smallest absolute Gasteiger partial charge is 0.321 e. The van der Waals surface area contributed by atoms with Crippen LogP contribution in [-0.2, 0) is 9.59 Å². The summed E-state index contributed by atoms with van der Waals surface area (Å²) < 4.78 is 29.3. The number of hydrogen-bond donors (Lipinski definition) is 1. The number of carbonyl (C=O) groups is 2. The van der Waals surface area contributed by atoms with Gasteiger partial charge in [-0.2, -0.15) is 0 Å². The summed E-state index contributed by atoms with van der Waals surface area (Å²) in [4.78, 5) is 24.3. The fourth-order valence-electron chi connectivity index (χ4n) is 5.75. The van der Waals surface area contributed by atoms with Gasteiger partial charge in [-0.05, 0) is 124 Å². The molecule has 0 fully saturated rings. The highest BCUT2D eigenvalue weighted by atomic mass is 16.5. The molecule has 0 aliphatic heterocycles. The molecule has 1 N–H and O–H groups in total. The van der Waals surface area contributed by atoms with Gasteiger partial charge in [-0.3, -0.25) is 9.59 Å². The molecule has 0 amide bonds. The summed E-state index contributed by atoms with van der Waals surface area (Å²) in [5.41, 5.74) is 0.864. The Morgan fingerprint density at radius 1 is 0.653 bits per heavy atom. The van der Waals surface area contributed by atoms with Crippen molar-refractivity contribution in [3.63, 3.8) is 0 Å². The molecule has 0 saturated heterocycles. The largest absolute Gasteiger partial charge is 0.488 e. The van der Waals surface area contributed by atoms with Crippen LogP contribution in [0.3, 0.4) is 0 Å². The topological polar surface area (TPSA) is 101 Å². The molecule has 4 rings (SSSR count). The SMILES string of the molecule is CCC(C)(C)Oc1ccc(Oc2ccc(OC(=O)C(C(C)O)C(CC)(CC)Oc3ccc(C(C)c4ccc(OC=O)cc4)cc3)cc2)cc1. The average molecular weight is 669 g/mol. The molecule has 0 heterocycles. The minimum atomic E-state index is -1.03. The van der Waals surface area contributed by atoms with Crippen LogP contribution in [0.2, 0.25) is 0 Å². The van der Waals surface area contributed by atoms with Gasteiger partial charge < -0.3 is 28.8 Å². The Balaban J connectivity index is 1.42. The molecule has 4 aromatic rings. The standard InChI is InChI=1S/C41H48O8/c1-8-40(6,7)48-36-25-23-34(24-26-36)46-33-19-21-35(22-20-33)47-39(44)38(29(5)43)41(9-2,10-3)49-37-17-13-31(14-18-37)28(4)30-11-15-32(16-12-30)45-27-42/h11-29,38,43H,8-10H2,1-7H3. The number of hydrogen-bond acceptors (Lipinski definition) is 8. The number of rotatable bonds is 17. The molecule has 3 unspecified atom stereocenters. The molecule has 0 radical (unpaired) electrons. The van der Waals surface area contributed by atoms with E-state index in [-0.39, 0.29) is 11.5 Å². The summed E-state index contributed by atoms with van der Waals surface area (Å²) in [5.74, 6) is 1.95. The first-order valence-electron chi connectivity index (χ1n) is 16.9. The summed E-state index contributed by atoms with van der Waals surface area (Å²) in [5, 5.41) is 10.9. The summed E-state index contributed by atoms with van der Waals surface area (Å²) in [7, 11) is 0. The van der Waals surface area contributed by atoms with Crippen LogP contribution in [0.1, 0.15) is 84.8 Å². The Morgan fingerprint density at radius 2 is 1.08 bits per heavy atom. The van der Waals surface area contributed by atoms with Crippen molar-refractivity contribution in [1.29, 1.82) is 0 Å². The maximum absolute atomic E-state index is 13.7. The summed E-state index contributed by atoms with van der Waals surface area (Å²) in [6.45, 7) is 14.1. The molecule has 49 heavy (non-hydrogen) atoms. The van der Waals surface area contributed by atoms with Gasteiger partial charge in [0.15, 0.2) is 0 Å². The van der Waals surface area contributed by atoms with Crippen molar-refractivity contribution in [3.05, 3.63) is 108 Å². The average Bonchev–Trinajstić information content (AvgIpc) is 3.10. The monoisotopic (exact) mass is 668 g/mol. The number of esters is 1. The van der Waals surface area contributed by atoms with Gasteiger partial charge in [-0.25, -0.2) is 0 Å². The van der Waals surface area contributed by atoms with E-state index in [0.29, 0.717) is 48.1 Å². The maximum atomic E-state index is 13.7. The van der Waals surface area contributed by atoms with Crippen LogP contribution in [0, 0.1) is 5.92 Å². The summed E-state index contributed by atoms with van der Waals surface area (Å²) in [6, 6.07) is 29.3. The minimum absolute atomic E-state index is 0.0803. The highest BCUT2D eigenvalue weighted by Gasteiger charge is 2.47. The van der Waals surface area contributed by atoms with Crippen molar-refractivity contribution in [1.82, 2.24) is 0 Å². The lowest BCUT2D eigenvalue weighted by atomic mass is 9.79. The third-order valence-corrected chi connectivity index (χ3v) is 9.11. The van der Waals surface area contributed by atoms with E-state index in [1.807, 2.05) is 88.4 Å². The first kappa shape index (κ1) is 37.0. The Kier molecular flexibility index (Phi) is 12.5. The van der Waals surface area contributed by atoms with Gasteiger partial charge in [0.05, 0.1) is 6.10 Å². The van der Waals surface area contributed by atoms with Crippen molar-refractivity contribution in [2.24, 2.45) is 5.92 Å². The zero-order valence-electron chi connectivity index (χ0n) is 29.5. The fraction of sp³-hybridized carbons (Fsp3) is 0.366. The molecule has 0 aliphatic rings. The van der Waals surface area contributed by atoms with E-state index in [2.05, 4.69) is 13.8 Å². The van der Waals surface area contributed by atoms with Gasteiger partial charge in [0.1, 0.15) is 51.6 Å². The van der Waals surface area contributed by atoms with Crippen LogP contribution in [0.4, 0.5) is 0 Å². The molecule has 4 aromatic carbocycles. The van der Waals surface area contributed by atoms with Crippen molar-refractivity contribution >= 4 is 12.4 Å². The first-order chi connectivity index (χ1) is 23.4. The number of carbonyl (C=O) groups excluding carboxylic acids is 2. The molecule has 0 spiro atoms. The highest BCUT2D eigenvalue weighted by Crippen LogP contribution is 2.37. The summed E-state index contributed by atoms with van der Waals surface area (Å²) >= 11 is 0. The van der Waals surface area contributed by atoms with E-state index in [1.54, 1.807) is 43.3 Å². The molecule has 0 bridgehead atoms. The van der Waals surface area contributed by atoms with Gasteiger partial charge in [0, 0.05) is 5.92 Å². The lowest BCUT2D eigenvalue weighted by molar-refractivity contribution is -0.155. The van der Waals surface area contributed by atoms with Crippen LogP contribution < -0.4 is 23.7 Å². The lowest BCUT2D eigenvalue weighted by Crippen LogP contribution is -2.52. The molecule has 8 heteroatoms. The number of aliphatic hydroxyl groups excluding tert-OH is 1. The molecule has 3 atom stereocenters. The Morgan fingerprint density at radius 3 is 1.53 bits per heavy atom. The minimum Gasteiger partial charge on any atom is -0.488 e. The van der Waals surface area contributed by atoms with Crippen molar-refractivity contribution in [2.75, 3.05) is 0 Å². The van der Waals surface area contributed by atoms with Crippen LogP contribution in [0.15, 0.2) is 97.1 Å². The zero-order valence-corrected chi connectivity index (χ0v) is 29.5. The quantitative estimate of drug-likeness (QED) is 0.0675. The molecule has 260 valence electrons. The number of ether oxygens (including phenoxy) is 5. The molecule has 0 aliphatic carbocycles. The molecule has 0 saturated carbocycles. The predicted molar refractivity (Wildman–Crippen MR) is 190 cm³/mol. The van der Waals surface area contributed by atoms with E-state index in [1.165, 1.54) is 0 Å². The predicted octanol–water partition coefficient (Wildman–Crippen LogP) is 9.27. The van der Waals surface area contributed by atoms with Gasteiger partial charge in [-0.1, -0.05) is 52.0 Å². The van der Waals surface area contributed by atoms with Crippen LogP contribution in [0.5, 0.6) is 34.5 Å². The van der Waals surface area contributed by atoms with Crippen LogP contribution >= 0.6 is 0 Å². The highest BCUT2D eigenvalue weighted by molar-refractivity contribution is 5.77. The van der Waals surface area contributed by atoms with E-state index in [4.69, 9.17) is 23.7 Å². The van der Waals surface area contributed by atoms with Gasteiger partial charge in [-0.15, -0.1) is 0 Å². The Bertz CT molecular complexity index is 1620. The summed E-state index contributed by atoms with van der Waals surface area (Å²) in [6.07, 6.45) is 0.788. The third-order valence-electron chi connectivity index (χ3n) is 9.11. The van der Waals surface area contributed by atoms with Gasteiger partial charge >= 0.3 is 5.97 Å². The zero-order chi connectivity index (χ0) is 35.6. The molecule has 8 nitrogen and oxygen atoms in total. The van der Waals surface area contributed by atoms with Crippen molar-refractivity contribution in [3.8, 4) is 34.5 Å². The van der Waals surface area contributed by atoms with Crippen LogP contribution in [0.25, 0.3) is 0 Å². The van der Waals surface area contributed by atoms with E-state index in [0.717, 1.165) is 23.3 Å². The molecular weight excluding hydrogens is 620 g/mol. The first-order valence-corrected chi connectivity index (χ1v) is 16.9. The van der Waals surface area contributed by atoms with Crippen LogP contribution in [-0.4, -0.2) is 34.9 Å². The van der Waals surface area contributed by atoms with Crippen molar-refractivity contribution in [2.45, 2.75) is 91.0 Å². The van der Waals surface area contributed by atoms with E-state index in [9.17, 15) is 14.7 Å². The Hall–Kier alpha value is -4.82. The second-order valence-corrected chi connectivity index (χ2v) is 12.8. The van der Waals surface area contributed by atoms with Gasteiger partial charge in [0.2, 0.25) is 0 Å².